The summed E-state index contributed by atoms with van der Waals surface area (Å²) >= 11 is 0. The molecule has 0 unspecified atom stereocenters. The molecule has 1 amide bonds. The maximum absolute atomic E-state index is 11.8. The first-order valence-electron chi connectivity index (χ1n) is 5.48. The van der Waals surface area contributed by atoms with E-state index in [1.165, 1.54) is 4.68 Å². The van der Waals surface area contributed by atoms with Crippen molar-refractivity contribution in [3.8, 4) is 0 Å². The lowest BCUT2D eigenvalue weighted by Gasteiger charge is -2.06. The highest BCUT2D eigenvalue weighted by Gasteiger charge is 2.07. The minimum Gasteiger partial charge on any atom is -0.325 e. The van der Waals surface area contributed by atoms with Gasteiger partial charge in [-0.2, -0.15) is 0 Å². The Kier molecular flexibility index (Phi) is 3.63. The number of nitrogens with zero attached hydrogens (tertiary/aromatic N) is 4. The molecule has 18 heavy (non-hydrogen) atoms. The lowest BCUT2D eigenvalue weighted by Crippen LogP contribution is -2.19. The number of amides is 1. The number of aromatic nitrogens is 4. The summed E-state index contributed by atoms with van der Waals surface area (Å²) in [7, 11) is 0. The molecular weight excluding hydrogens is 232 g/mol. The zero-order valence-electron chi connectivity index (χ0n) is 10.00. The number of pyridine rings is 1. The molecule has 0 saturated carbocycles. The third-order valence-electron chi connectivity index (χ3n) is 2.41. The van der Waals surface area contributed by atoms with Crippen LogP contribution in [0, 0.1) is 6.92 Å². The number of carbonyl (C=O) groups excluding carboxylic acids is 1. The van der Waals surface area contributed by atoms with Crippen LogP contribution in [0.1, 0.15) is 11.3 Å². The first-order chi connectivity index (χ1) is 8.69. The summed E-state index contributed by atoms with van der Waals surface area (Å²) in [5, 5.41) is 10.4. The van der Waals surface area contributed by atoms with Crippen LogP contribution in [-0.4, -0.2) is 25.9 Å². The van der Waals surface area contributed by atoms with Crippen molar-refractivity contribution in [2.24, 2.45) is 5.73 Å². The van der Waals surface area contributed by atoms with Crippen LogP contribution >= 0.6 is 0 Å². The van der Waals surface area contributed by atoms with E-state index in [0.29, 0.717) is 17.9 Å². The van der Waals surface area contributed by atoms with Gasteiger partial charge in [-0.1, -0.05) is 5.21 Å². The Balaban J connectivity index is 1.99. The molecule has 94 valence electrons. The molecule has 2 aromatic rings. The second-order valence-corrected chi connectivity index (χ2v) is 3.85. The summed E-state index contributed by atoms with van der Waals surface area (Å²) in [5.41, 5.74) is 7.72. The molecule has 0 radical (unpaired) electrons. The molecule has 0 aliphatic rings. The van der Waals surface area contributed by atoms with Crippen LogP contribution < -0.4 is 11.1 Å². The van der Waals surface area contributed by atoms with Gasteiger partial charge in [0.25, 0.3) is 0 Å². The number of anilines is 1. The van der Waals surface area contributed by atoms with Gasteiger partial charge in [-0.05, 0) is 18.6 Å². The standard InChI is InChI=1S/C11H14N6O/c1-8-2-3-13-5-10(8)14-11(18)7-17-6-9(4-12)15-16-17/h2-3,5-6H,4,7,12H2,1H3,(H,14,18). The zero-order chi connectivity index (χ0) is 13.0. The molecule has 0 fully saturated rings. The van der Waals surface area contributed by atoms with Crippen LogP contribution in [0.4, 0.5) is 5.69 Å². The molecule has 0 aromatic carbocycles. The summed E-state index contributed by atoms with van der Waals surface area (Å²) in [6, 6.07) is 1.83. The van der Waals surface area contributed by atoms with Crippen LogP contribution in [0.2, 0.25) is 0 Å². The van der Waals surface area contributed by atoms with E-state index in [-0.39, 0.29) is 12.5 Å². The van der Waals surface area contributed by atoms with Gasteiger partial charge in [0.15, 0.2) is 0 Å². The topological polar surface area (TPSA) is 98.7 Å². The Morgan fingerprint density at radius 3 is 3.06 bits per heavy atom. The third kappa shape index (κ3) is 2.89. The zero-order valence-corrected chi connectivity index (χ0v) is 10.00. The van der Waals surface area contributed by atoms with Crippen LogP contribution in [0.15, 0.2) is 24.7 Å². The fourth-order valence-electron chi connectivity index (χ4n) is 1.44. The van der Waals surface area contributed by atoms with E-state index < -0.39 is 0 Å². The van der Waals surface area contributed by atoms with Gasteiger partial charge in [-0.15, -0.1) is 5.10 Å². The van der Waals surface area contributed by atoms with Crippen molar-refractivity contribution in [2.45, 2.75) is 20.0 Å². The second kappa shape index (κ2) is 5.37. The van der Waals surface area contributed by atoms with E-state index in [1.807, 2.05) is 13.0 Å². The monoisotopic (exact) mass is 246 g/mol. The van der Waals surface area contributed by atoms with Gasteiger partial charge in [-0.3, -0.25) is 9.78 Å². The molecule has 0 aliphatic carbocycles. The van der Waals surface area contributed by atoms with Gasteiger partial charge < -0.3 is 11.1 Å². The minimum absolute atomic E-state index is 0.0985. The normalized spacial score (nSPS) is 10.3. The van der Waals surface area contributed by atoms with Crippen molar-refractivity contribution in [3.63, 3.8) is 0 Å². The highest BCUT2D eigenvalue weighted by atomic mass is 16.2. The lowest BCUT2D eigenvalue weighted by atomic mass is 10.2. The van der Waals surface area contributed by atoms with Crippen LogP contribution in [0.5, 0.6) is 0 Å². The van der Waals surface area contributed by atoms with Crippen molar-refractivity contribution in [2.75, 3.05) is 5.32 Å². The Bertz CT molecular complexity index is 550. The maximum atomic E-state index is 11.8. The highest BCUT2D eigenvalue weighted by Crippen LogP contribution is 2.11. The Hall–Kier alpha value is -2.28. The molecule has 0 saturated heterocycles. The number of nitrogens with one attached hydrogen (secondary N) is 1. The molecule has 7 nitrogen and oxygen atoms in total. The summed E-state index contributed by atoms with van der Waals surface area (Å²) < 4.78 is 1.45. The van der Waals surface area contributed by atoms with Crippen LogP contribution in [0.3, 0.4) is 0 Å². The lowest BCUT2D eigenvalue weighted by molar-refractivity contribution is -0.116. The average Bonchev–Trinajstić information content (AvgIpc) is 2.80. The molecule has 0 bridgehead atoms. The molecule has 0 aliphatic heterocycles. The van der Waals surface area contributed by atoms with Crippen LogP contribution in [0.25, 0.3) is 0 Å². The van der Waals surface area contributed by atoms with E-state index >= 15 is 0 Å². The molecule has 3 N–H and O–H groups in total. The third-order valence-corrected chi connectivity index (χ3v) is 2.41. The first kappa shape index (κ1) is 12.2. The van der Waals surface area contributed by atoms with Gasteiger partial charge >= 0.3 is 0 Å². The first-order valence-corrected chi connectivity index (χ1v) is 5.48. The summed E-state index contributed by atoms with van der Waals surface area (Å²) in [6.07, 6.45) is 4.94. The van der Waals surface area contributed by atoms with Crippen LogP contribution in [-0.2, 0) is 17.9 Å². The Morgan fingerprint density at radius 1 is 1.56 bits per heavy atom. The fraction of sp³-hybridized carbons (Fsp3) is 0.273. The van der Waals surface area contributed by atoms with Gasteiger partial charge in [0.05, 0.1) is 23.8 Å². The number of aryl methyl sites for hydroxylation is 1. The van der Waals surface area contributed by atoms with Crippen molar-refractivity contribution >= 4 is 11.6 Å². The highest BCUT2D eigenvalue weighted by molar-refractivity contribution is 5.91. The summed E-state index contributed by atoms with van der Waals surface area (Å²) in [6.45, 7) is 2.31. The van der Waals surface area contributed by atoms with Crippen molar-refractivity contribution in [1.82, 2.24) is 20.0 Å². The number of hydrogen-bond acceptors (Lipinski definition) is 5. The number of hydrogen-bond donors (Lipinski definition) is 2. The van der Waals surface area contributed by atoms with Gasteiger partial charge in [0, 0.05) is 12.7 Å². The number of nitrogens with two attached hydrogens (primary N) is 1. The predicted octanol–water partition coefficient (Wildman–Crippen LogP) is 0.0789. The molecule has 0 spiro atoms. The molecular formula is C11H14N6O. The minimum atomic E-state index is -0.181. The molecule has 0 atom stereocenters. The maximum Gasteiger partial charge on any atom is 0.246 e. The summed E-state index contributed by atoms with van der Waals surface area (Å²) in [5.74, 6) is -0.181. The van der Waals surface area contributed by atoms with Crippen molar-refractivity contribution < 1.29 is 4.79 Å². The van der Waals surface area contributed by atoms with E-state index in [1.54, 1.807) is 18.6 Å². The second-order valence-electron chi connectivity index (χ2n) is 3.85. The Morgan fingerprint density at radius 2 is 2.39 bits per heavy atom. The van der Waals surface area contributed by atoms with Crippen molar-refractivity contribution in [3.05, 3.63) is 35.9 Å². The van der Waals surface area contributed by atoms with E-state index in [2.05, 4.69) is 20.6 Å². The smallest absolute Gasteiger partial charge is 0.246 e. The SMILES string of the molecule is Cc1ccncc1NC(=O)Cn1cc(CN)nn1. The molecule has 2 rings (SSSR count). The Labute approximate surface area is 104 Å². The van der Waals surface area contributed by atoms with Gasteiger partial charge in [0.1, 0.15) is 6.54 Å². The van der Waals surface area contributed by atoms with E-state index in [9.17, 15) is 4.79 Å². The van der Waals surface area contributed by atoms with Gasteiger partial charge in [-0.25, -0.2) is 4.68 Å². The number of rotatable bonds is 4. The van der Waals surface area contributed by atoms with E-state index in [0.717, 1.165) is 5.56 Å². The molecule has 2 heterocycles. The fourth-order valence-corrected chi connectivity index (χ4v) is 1.44. The van der Waals surface area contributed by atoms with Gasteiger partial charge in [0.2, 0.25) is 5.91 Å². The quantitative estimate of drug-likeness (QED) is 0.796. The summed E-state index contributed by atoms with van der Waals surface area (Å²) in [4.78, 5) is 15.7. The molecule has 2 aromatic heterocycles. The van der Waals surface area contributed by atoms with E-state index in [4.69, 9.17) is 5.73 Å². The number of carbonyl (C=O) groups is 1. The van der Waals surface area contributed by atoms with Crippen molar-refractivity contribution in [1.29, 1.82) is 0 Å². The molecule has 7 heteroatoms. The predicted molar refractivity (Wildman–Crippen MR) is 65.5 cm³/mol. The largest absolute Gasteiger partial charge is 0.325 e. The average molecular weight is 246 g/mol.